The van der Waals surface area contributed by atoms with E-state index in [1.54, 1.807) is 24.3 Å². The Hall–Kier alpha value is -2.94. The number of aromatic nitrogens is 1. The first-order valence-corrected chi connectivity index (χ1v) is 12.4. The van der Waals surface area contributed by atoms with Gasteiger partial charge in [0.25, 0.3) is 5.91 Å². The van der Waals surface area contributed by atoms with Crippen molar-refractivity contribution in [3.05, 3.63) is 74.7 Å². The van der Waals surface area contributed by atoms with Crippen molar-refractivity contribution in [2.75, 3.05) is 12.4 Å². The molecule has 0 bridgehead atoms. The first-order valence-electron chi connectivity index (χ1n) is 10.8. The number of hydrogen-bond donors (Lipinski definition) is 2. The zero-order valence-electron chi connectivity index (χ0n) is 19.5. The molecule has 1 aromatic heterocycles. The van der Waals surface area contributed by atoms with Crippen LogP contribution in [0.5, 0.6) is 5.75 Å². The van der Waals surface area contributed by atoms with E-state index in [2.05, 4.69) is 45.4 Å². The normalized spacial score (nSPS) is 11.1. The SMILES string of the molecule is COc1c(C)cc(Br)cc1C(=O)NC(=S)Nc1ccc(Cl)c(-c2nc3cc(C(C)C)ccc3o2)c1. The molecule has 6 nitrogen and oxygen atoms in total. The minimum atomic E-state index is -0.391. The van der Waals surface area contributed by atoms with Crippen LogP contribution < -0.4 is 15.4 Å². The molecule has 3 aromatic carbocycles. The van der Waals surface area contributed by atoms with E-state index >= 15 is 0 Å². The van der Waals surface area contributed by atoms with Crippen LogP contribution in [-0.4, -0.2) is 23.1 Å². The van der Waals surface area contributed by atoms with E-state index in [1.807, 2.05) is 31.2 Å². The molecule has 35 heavy (non-hydrogen) atoms. The molecule has 0 radical (unpaired) electrons. The second kappa shape index (κ2) is 10.4. The van der Waals surface area contributed by atoms with Gasteiger partial charge in [-0.1, -0.05) is 47.4 Å². The van der Waals surface area contributed by atoms with Gasteiger partial charge in [0, 0.05) is 10.2 Å². The van der Waals surface area contributed by atoms with Crippen molar-refractivity contribution >= 4 is 67.6 Å². The summed E-state index contributed by atoms with van der Waals surface area (Å²) in [4.78, 5) is 17.5. The number of halogens is 2. The van der Waals surface area contributed by atoms with Crippen LogP contribution >= 0.6 is 39.7 Å². The number of carbonyl (C=O) groups excluding carboxylic acids is 1. The molecule has 0 atom stereocenters. The molecule has 0 aliphatic heterocycles. The summed E-state index contributed by atoms with van der Waals surface area (Å²) in [6.45, 7) is 6.12. The number of benzene rings is 3. The van der Waals surface area contributed by atoms with Crippen LogP contribution in [0.4, 0.5) is 5.69 Å². The fourth-order valence-corrected chi connectivity index (χ4v) is 4.67. The minimum Gasteiger partial charge on any atom is -0.496 e. The summed E-state index contributed by atoms with van der Waals surface area (Å²) >= 11 is 15.2. The topological polar surface area (TPSA) is 76.4 Å². The number of nitrogens with zero attached hydrogens (tertiary/aromatic N) is 1. The number of aryl methyl sites for hydroxylation is 1. The molecular weight excluding hydrogens is 550 g/mol. The number of amides is 1. The van der Waals surface area contributed by atoms with E-state index in [9.17, 15) is 4.79 Å². The molecular formula is C26H23BrClN3O3S. The first kappa shape index (κ1) is 25.2. The van der Waals surface area contributed by atoms with E-state index in [1.165, 1.54) is 12.7 Å². The Morgan fingerprint density at radius 2 is 1.94 bits per heavy atom. The van der Waals surface area contributed by atoms with Gasteiger partial charge in [-0.25, -0.2) is 4.98 Å². The summed E-state index contributed by atoms with van der Waals surface area (Å²) in [5, 5.41) is 6.33. The maximum absolute atomic E-state index is 12.9. The Balaban J connectivity index is 1.55. The van der Waals surface area contributed by atoms with Crippen LogP contribution in [0.1, 0.15) is 41.3 Å². The lowest BCUT2D eigenvalue weighted by Crippen LogP contribution is -2.34. The lowest BCUT2D eigenvalue weighted by atomic mass is 10.0. The van der Waals surface area contributed by atoms with Gasteiger partial charge in [-0.3, -0.25) is 10.1 Å². The Bertz CT molecular complexity index is 1450. The highest BCUT2D eigenvalue weighted by molar-refractivity contribution is 9.10. The number of anilines is 1. The van der Waals surface area contributed by atoms with Gasteiger partial charge in [0.05, 0.1) is 23.3 Å². The van der Waals surface area contributed by atoms with Crippen LogP contribution in [0.3, 0.4) is 0 Å². The van der Waals surface area contributed by atoms with E-state index < -0.39 is 5.91 Å². The fraction of sp³-hybridized carbons (Fsp3) is 0.192. The molecule has 0 saturated carbocycles. The highest BCUT2D eigenvalue weighted by Crippen LogP contribution is 2.33. The number of thiocarbonyl (C=S) groups is 1. The predicted octanol–water partition coefficient (Wildman–Crippen LogP) is 7.48. The number of oxazole rings is 1. The predicted molar refractivity (Wildman–Crippen MR) is 148 cm³/mol. The molecule has 0 aliphatic carbocycles. The van der Waals surface area contributed by atoms with Crippen molar-refractivity contribution in [3.8, 4) is 17.2 Å². The second-order valence-electron chi connectivity index (χ2n) is 8.31. The molecule has 0 aliphatic rings. The third-order valence-electron chi connectivity index (χ3n) is 5.45. The van der Waals surface area contributed by atoms with Crippen molar-refractivity contribution in [1.82, 2.24) is 10.3 Å². The molecule has 4 aromatic rings. The molecule has 180 valence electrons. The van der Waals surface area contributed by atoms with Crippen molar-refractivity contribution in [1.29, 1.82) is 0 Å². The van der Waals surface area contributed by atoms with Gasteiger partial charge in [-0.05, 0) is 78.7 Å². The number of methoxy groups -OCH3 is 1. The monoisotopic (exact) mass is 571 g/mol. The quantitative estimate of drug-likeness (QED) is 0.242. The third-order valence-corrected chi connectivity index (χ3v) is 6.44. The van der Waals surface area contributed by atoms with Gasteiger partial charge in [0.2, 0.25) is 5.89 Å². The molecule has 1 amide bonds. The van der Waals surface area contributed by atoms with Gasteiger partial charge >= 0.3 is 0 Å². The maximum atomic E-state index is 12.9. The molecule has 2 N–H and O–H groups in total. The van der Waals surface area contributed by atoms with E-state index in [0.29, 0.717) is 45.0 Å². The van der Waals surface area contributed by atoms with Gasteiger partial charge in [-0.15, -0.1) is 0 Å². The lowest BCUT2D eigenvalue weighted by molar-refractivity contribution is 0.0974. The number of carbonyl (C=O) groups is 1. The highest BCUT2D eigenvalue weighted by Gasteiger charge is 2.18. The Morgan fingerprint density at radius 3 is 2.66 bits per heavy atom. The Labute approximate surface area is 222 Å². The zero-order valence-corrected chi connectivity index (χ0v) is 22.7. The van der Waals surface area contributed by atoms with E-state index in [0.717, 1.165) is 15.6 Å². The molecule has 0 fully saturated rings. The Kier molecular flexibility index (Phi) is 7.44. The molecule has 0 saturated heterocycles. The first-order chi connectivity index (χ1) is 16.7. The van der Waals surface area contributed by atoms with E-state index in [-0.39, 0.29) is 5.11 Å². The molecule has 0 unspecified atom stereocenters. The van der Waals surface area contributed by atoms with E-state index in [4.69, 9.17) is 33.0 Å². The number of fused-ring (bicyclic) bond motifs is 1. The van der Waals surface area contributed by atoms with Crippen LogP contribution in [0.15, 0.2) is 57.4 Å². The van der Waals surface area contributed by atoms with Crippen molar-refractivity contribution < 1.29 is 13.9 Å². The summed E-state index contributed by atoms with van der Waals surface area (Å²) in [5.74, 6) is 0.878. The average Bonchev–Trinajstić information content (AvgIpc) is 3.23. The van der Waals surface area contributed by atoms with Crippen LogP contribution in [0, 0.1) is 6.92 Å². The van der Waals surface area contributed by atoms with Gasteiger partial charge in [0.15, 0.2) is 10.7 Å². The number of nitrogens with one attached hydrogen (secondary N) is 2. The average molecular weight is 573 g/mol. The summed E-state index contributed by atoms with van der Waals surface area (Å²) < 4.78 is 12.1. The zero-order chi connectivity index (χ0) is 25.3. The third kappa shape index (κ3) is 5.50. The van der Waals surface area contributed by atoms with Crippen molar-refractivity contribution in [2.24, 2.45) is 0 Å². The van der Waals surface area contributed by atoms with Crippen molar-refractivity contribution in [2.45, 2.75) is 26.7 Å². The summed E-state index contributed by atoms with van der Waals surface area (Å²) in [6, 6.07) is 14.8. The second-order valence-corrected chi connectivity index (χ2v) is 10.0. The molecule has 9 heteroatoms. The minimum absolute atomic E-state index is 0.127. The number of ether oxygens (including phenoxy) is 1. The summed E-state index contributed by atoms with van der Waals surface area (Å²) in [7, 11) is 1.52. The van der Waals surface area contributed by atoms with Gasteiger partial charge < -0.3 is 14.5 Å². The number of hydrogen-bond acceptors (Lipinski definition) is 5. The molecule has 4 rings (SSSR count). The maximum Gasteiger partial charge on any atom is 0.261 e. The largest absolute Gasteiger partial charge is 0.496 e. The molecule has 0 spiro atoms. The van der Waals surface area contributed by atoms with Gasteiger partial charge in [0.1, 0.15) is 11.3 Å². The standard InChI is InChI=1S/C26H23BrClN3O3S/c1-13(2)15-5-8-22-21(10-15)30-25(34-22)18-12-17(6-7-20(18)28)29-26(35)31-24(32)19-11-16(27)9-14(3)23(19)33-4/h5-13H,1-4H3,(H2,29,31,32,35). The van der Waals surface area contributed by atoms with Gasteiger partial charge in [-0.2, -0.15) is 0 Å². The van der Waals surface area contributed by atoms with Crippen LogP contribution in [-0.2, 0) is 0 Å². The highest BCUT2D eigenvalue weighted by atomic mass is 79.9. The lowest BCUT2D eigenvalue weighted by Gasteiger charge is -2.14. The summed E-state index contributed by atoms with van der Waals surface area (Å²) in [5.41, 5.74) is 5.05. The smallest absolute Gasteiger partial charge is 0.261 e. The summed E-state index contributed by atoms with van der Waals surface area (Å²) in [6.07, 6.45) is 0. The fourth-order valence-electron chi connectivity index (χ4n) is 3.69. The van der Waals surface area contributed by atoms with Crippen LogP contribution in [0.2, 0.25) is 5.02 Å². The Morgan fingerprint density at radius 1 is 1.17 bits per heavy atom. The molecule has 1 heterocycles. The van der Waals surface area contributed by atoms with Crippen LogP contribution in [0.25, 0.3) is 22.6 Å². The van der Waals surface area contributed by atoms with Crippen molar-refractivity contribution in [3.63, 3.8) is 0 Å². The number of rotatable bonds is 5.